The van der Waals surface area contributed by atoms with Crippen LogP contribution in [0.4, 0.5) is 0 Å². The van der Waals surface area contributed by atoms with E-state index in [0.29, 0.717) is 11.1 Å². The van der Waals surface area contributed by atoms with Crippen LogP contribution in [0.15, 0.2) is 54.7 Å². The van der Waals surface area contributed by atoms with Crippen LogP contribution in [-0.2, 0) is 11.8 Å². The minimum Gasteiger partial charge on any atom is -0.478 e. The van der Waals surface area contributed by atoms with E-state index in [1.165, 1.54) is 13.3 Å². The van der Waals surface area contributed by atoms with Crippen LogP contribution in [0.5, 0.6) is 0 Å². The van der Waals surface area contributed by atoms with E-state index in [0.717, 1.165) is 27.5 Å². The number of rotatable bonds is 2. The van der Waals surface area contributed by atoms with Gasteiger partial charge in [0.05, 0.1) is 18.2 Å². The van der Waals surface area contributed by atoms with Crippen LogP contribution in [-0.4, -0.2) is 33.7 Å². The molecule has 0 aliphatic rings. The zero-order valence-electron chi connectivity index (χ0n) is 15.3. The number of para-hydroxylation sites is 2. The standard InChI is InChI=1S/C12H13NO2.C9H7NO2/c1-8-11(12(14)15-3)9-6-4-5-7-10(9)13(8)2;11-9(12)7-5-10-8-4-2-1-3-6(7)8/h4-7H,1-3H3;1-5,10H,(H,11,12). The highest BCUT2D eigenvalue weighted by molar-refractivity contribution is 6.06. The second-order valence-corrected chi connectivity index (χ2v) is 6.08. The van der Waals surface area contributed by atoms with Crippen LogP contribution < -0.4 is 0 Å². The lowest BCUT2D eigenvalue weighted by atomic mass is 10.1. The smallest absolute Gasteiger partial charge is 0.340 e. The van der Waals surface area contributed by atoms with E-state index in [9.17, 15) is 9.59 Å². The number of nitrogens with one attached hydrogen (secondary N) is 1. The largest absolute Gasteiger partial charge is 0.478 e. The van der Waals surface area contributed by atoms with Gasteiger partial charge in [0.25, 0.3) is 0 Å². The first-order chi connectivity index (χ1) is 13.0. The summed E-state index contributed by atoms with van der Waals surface area (Å²) in [5, 5.41) is 10.5. The number of aryl methyl sites for hydroxylation is 1. The molecule has 0 amide bonds. The van der Waals surface area contributed by atoms with Gasteiger partial charge in [0.15, 0.2) is 0 Å². The summed E-state index contributed by atoms with van der Waals surface area (Å²) in [7, 11) is 3.35. The first-order valence-corrected chi connectivity index (χ1v) is 8.37. The third kappa shape index (κ3) is 3.29. The van der Waals surface area contributed by atoms with Gasteiger partial charge < -0.3 is 19.4 Å². The molecule has 0 aliphatic carbocycles. The van der Waals surface area contributed by atoms with E-state index in [1.54, 1.807) is 6.07 Å². The number of fused-ring (bicyclic) bond motifs is 2. The predicted molar refractivity (Wildman–Crippen MR) is 104 cm³/mol. The first-order valence-electron chi connectivity index (χ1n) is 8.37. The molecule has 0 spiro atoms. The highest BCUT2D eigenvalue weighted by Crippen LogP contribution is 2.25. The quantitative estimate of drug-likeness (QED) is 0.524. The van der Waals surface area contributed by atoms with E-state index in [2.05, 4.69) is 4.98 Å². The maximum absolute atomic E-state index is 11.6. The van der Waals surface area contributed by atoms with Gasteiger partial charge >= 0.3 is 11.9 Å². The molecule has 4 aromatic rings. The topological polar surface area (TPSA) is 84.3 Å². The number of carbonyl (C=O) groups excluding carboxylic acids is 1. The van der Waals surface area contributed by atoms with Crippen molar-refractivity contribution in [3.8, 4) is 0 Å². The van der Waals surface area contributed by atoms with Gasteiger partial charge in [0, 0.05) is 40.7 Å². The molecule has 4 rings (SSSR count). The minimum atomic E-state index is -0.896. The Morgan fingerprint density at radius 1 is 1.04 bits per heavy atom. The highest BCUT2D eigenvalue weighted by Gasteiger charge is 2.18. The van der Waals surface area contributed by atoms with Crippen molar-refractivity contribution in [2.45, 2.75) is 6.92 Å². The maximum Gasteiger partial charge on any atom is 0.340 e. The number of aromatic nitrogens is 2. The normalized spacial score (nSPS) is 10.5. The fourth-order valence-corrected chi connectivity index (χ4v) is 3.13. The van der Waals surface area contributed by atoms with E-state index in [-0.39, 0.29) is 5.97 Å². The number of carboxylic acid groups (broad SMARTS) is 1. The summed E-state index contributed by atoms with van der Waals surface area (Å²) >= 11 is 0. The third-order valence-electron chi connectivity index (χ3n) is 4.61. The van der Waals surface area contributed by atoms with Crippen LogP contribution >= 0.6 is 0 Å². The molecule has 0 saturated carbocycles. The Bertz CT molecular complexity index is 1140. The van der Waals surface area contributed by atoms with Gasteiger partial charge in [-0.3, -0.25) is 0 Å². The van der Waals surface area contributed by atoms with Crippen molar-refractivity contribution >= 4 is 33.7 Å². The molecule has 6 heteroatoms. The molecule has 2 aromatic carbocycles. The molecular formula is C21H20N2O4. The summed E-state index contributed by atoms with van der Waals surface area (Å²) in [6, 6.07) is 15.1. The van der Waals surface area contributed by atoms with Gasteiger partial charge in [-0.05, 0) is 19.1 Å². The van der Waals surface area contributed by atoms with E-state index in [1.807, 2.05) is 61.0 Å². The summed E-state index contributed by atoms with van der Waals surface area (Å²) in [5.41, 5.74) is 3.83. The molecule has 0 unspecified atom stereocenters. The number of nitrogens with zero attached hydrogens (tertiary/aromatic N) is 1. The molecule has 0 fully saturated rings. The van der Waals surface area contributed by atoms with Crippen molar-refractivity contribution in [2.24, 2.45) is 7.05 Å². The Hall–Kier alpha value is -3.54. The van der Waals surface area contributed by atoms with Crippen molar-refractivity contribution < 1.29 is 19.4 Å². The van der Waals surface area contributed by atoms with Gasteiger partial charge in [-0.15, -0.1) is 0 Å². The molecule has 138 valence electrons. The summed E-state index contributed by atoms with van der Waals surface area (Å²) < 4.78 is 6.79. The molecule has 0 atom stereocenters. The fourth-order valence-electron chi connectivity index (χ4n) is 3.13. The Kier molecular flexibility index (Phi) is 4.98. The molecule has 0 radical (unpaired) electrons. The number of hydrogen-bond donors (Lipinski definition) is 2. The van der Waals surface area contributed by atoms with Crippen molar-refractivity contribution in [2.75, 3.05) is 7.11 Å². The van der Waals surface area contributed by atoms with E-state index in [4.69, 9.17) is 9.84 Å². The number of benzene rings is 2. The van der Waals surface area contributed by atoms with Gasteiger partial charge in [-0.25, -0.2) is 9.59 Å². The van der Waals surface area contributed by atoms with Crippen LogP contribution in [0.3, 0.4) is 0 Å². The number of methoxy groups -OCH3 is 1. The average Bonchev–Trinajstić information content (AvgIpc) is 3.22. The van der Waals surface area contributed by atoms with Crippen LogP contribution in [0, 0.1) is 6.92 Å². The summed E-state index contributed by atoms with van der Waals surface area (Å²) in [5.74, 6) is -1.17. The monoisotopic (exact) mass is 364 g/mol. The molecule has 2 heterocycles. The number of aromatic carboxylic acids is 1. The first kappa shape index (κ1) is 18.3. The fraction of sp³-hybridized carbons (Fsp3) is 0.143. The lowest BCUT2D eigenvalue weighted by Crippen LogP contribution is -2.03. The number of ether oxygens (including phenoxy) is 1. The molecule has 6 nitrogen and oxygen atoms in total. The molecule has 2 aromatic heterocycles. The highest BCUT2D eigenvalue weighted by atomic mass is 16.5. The lowest BCUT2D eigenvalue weighted by molar-refractivity contribution is 0.0601. The van der Waals surface area contributed by atoms with Gasteiger partial charge in [0.2, 0.25) is 0 Å². The number of aromatic amines is 1. The van der Waals surface area contributed by atoms with Gasteiger partial charge in [-0.2, -0.15) is 0 Å². The van der Waals surface area contributed by atoms with Crippen molar-refractivity contribution in [3.63, 3.8) is 0 Å². The van der Waals surface area contributed by atoms with Crippen molar-refractivity contribution in [1.29, 1.82) is 0 Å². The number of H-pyrrole nitrogens is 1. The minimum absolute atomic E-state index is 0.274. The molecule has 0 aliphatic heterocycles. The number of carbonyl (C=O) groups is 2. The zero-order chi connectivity index (χ0) is 19.6. The average molecular weight is 364 g/mol. The Balaban J connectivity index is 0.000000159. The van der Waals surface area contributed by atoms with Crippen LogP contribution in [0.25, 0.3) is 21.8 Å². The van der Waals surface area contributed by atoms with Crippen LogP contribution in [0.2, 0.25) is 0 Å². The van der Waals surface area contributed by atoms with Gasteiger partial charge in [0.1, 0.15) is 0 Å². The second-order valence-electron chi connectivity index (χ2n) is 6.08. The Morgan fingerprint density at radius 2 is 1.67 bits per heavy atom. The zero-order valence-corrected chi connectivity index (χ0v) is 15.3. The van der Waals surface area contributed by atoms with E-state index >= 15 is 0 Å². The molecular weight excluding hydrogens is 344 g/mol. The number of carboxylic acids is 1. The Morgan fingerprint density at radius 3 is 2.33 bits per heavy atom. The molecule has 0 saturated heterocycles. The predicted octanol–water partition coefficient (Wildman–Crippen LogP) is 4.14. The summed E-state index contributed by atoms with van der Waals surface area (Å²) in [4.78, 5) is 25.2. The lowest BCUT2D eigenvalue weighted by Gasteiger charge is -1.99. The molecule has 2 N–H and O–H groups in total. The summed E-state index contributed by atoms with van der Waals surface area (Å²) in [6.07, 6.45) is 1.51. The SMILES string of the molecule is COC(=O)c1c(C)n(C)c2ccccc12.O=C(O)c1c[nH]c2ccccc12. The Labute approximate surface area is 156 Å². The molecule has 27 heavy (non-hydrogen) atoms. The van der Waals surface area contributed by atoms with Crippen molar-refractivity contribution in [1.82, 2.24) is 9.55 Å². The van der Waals surface area contributed by atoms with Gasteiger partial charge in [-0.1, -0.05) is 36.4 Å². The van der Waals surface area contributed by atoms with Crippen molar-refractivity contribution in [3.05, 3.63) is 71.5 Å². The number of hydrogen-bond acceptors (Lipinski definition) is 3. The van der Waals surface area contributed by atoms with Crippen LogP contribution in [0.1, 0.15) is 26.4 Å². The van der Waals surface area contributed by atoms with E-state index < -0.39 is 5.97 Å². The maximum atomic E-state index is 11.6. The number of esters is 1. The second kappa shape index (κ2) is 7.37. The molecule has 0 bridgehead atoms. The third-order valence-corrected chi connectivity index (χ3v) is 4.61. The summed E-state index contributed by atoms with van der Waals surface area (Å²) in [6.45, 7) is 1.92.